The van der Waals surface area contributed by atoms with Gasteiger partial charge in [-0.2, -0.15) is 0 Å². The molecule has 0 fully saturated rings. The fraction of sp³-hybridized carbons (Fsp3) is 0.150. The SMILES string of the molecule is CC1N=C(c2ccccc2Cl)c2cc(Cl)ccc2-n2c(CCl)nc(C(=O)O)c21. The molecule has 2 heterocycles. The first-order valence-electron chi connectivity index (χ1n) is 8.46. The van der Waals surface area contributed by atoms with Crippen LogP contribution in [-0.2, 0) is 5.88 Å². The minimum atomic E-state index is -1.13. The van der Waals surface area contributed by atoms with E-state index in [0.717, 1.165) is 11.1 Å². The number of imidazole rings is 1. The lowest BCUT2D eigenvalue weighted by atomic mass is 10.0. The molecule has 4 rings (SSSR count). The molecular weight excluding hydrogens is 421 g/mol. The Morgan fingerprint density at radius 3 is 2.61 bits per heavy atom. The van der Waals surface area contributed by atoms with Gasteiger partial charge in [0.25, 0.3) is 0 Å². The molecular formula is C20H14Cl3N3O2. The van der Waals surface area contributed by atoms with E-state index < -0.39 is 12.0 Å². The molecule has 1 atom stereocenters. The van der Waals surface area contributed by atoms with Crippen molar-refractivity contribution >= 4 is 46.5 Å². The first-order valence-corrected chi connectivity index (χ1v) is 9.75. The number of hydrogen-bond donors (Lipinski definition) is 1. The van der Waals surface area contributed by atoms with Gasteiger partial charge in [-0.3, -0.25) is 9.56 Å². The number of aromatic nitrogens is 2. The third kappa shape index (κ3) is 3.00. The molecule has 0 saturated heterocycles. The lowest BCUT2D eigenvalue weighted by molar-refractivity contribution is 0.0689. The van der Waals surface area contributed by atoms with Gasteiger partial charge >= 0.3 is 5.97 Å². The standard InChI is InChI=1S/C20H14Cl3N3O2/c1-10-19-18(20(27)28)25-16(9-21)26(19)15-7-6-11(22)8-13(15)17(24-10)12-4-2-3-5-14(12)23/h2-8,10H,9H2,1H3,(H,27,28). The van der Waals surface area contributed by atoms with Crippen LogP contribution in [0, 0.1) is 0 Å². The number of nitrogens with zero attached hydrogens (tertiary/aromatic N) is 3. The first kappa shape index (κ1) is 19.0. The minimum Gasteiger partial charge on any atom is -0.476 e. The van der Waals surface area contributed by atoms with Crippen molar-refractivity contribution in [2.45, 2.75) is 18.8 Å². The molecule has 3 aromatic rings. The summed E-state index contributed by atoms with van der Waals surface area (Å²) in [7, 11) is 0. The molecule has 1 unspecified atom stereocenters. The van der Waals surface area contributed by atoms with Gasteiger partial charge in [0.1, 0.15) is 5.82 Å². The first-order chi connectivity index (χ1) is 13.4. The summed E-state index contributed by atoms with van der Waals surface area (Å²) in [4.78, 5) is 20.9. The fourth-order valence-corrected chi connectivity index (χ4v) is 4.04. The topological polar surface area (TPSA) is 67.5 Å². The summed E-state index contributed by atoms with van der Waals surface area (Å²) < 4.78 is 1.76. The average Bonchev–Trinajstić information content (AvgIpc) is 3.01. The summed E-state index contributed by atoms with van der Waals surface area (Å²) in [5, 5.41) is 10.7. The van der Waals surface area contributed by atoms with Gasteiger partial charge in [-0.25, -0.2) is 9.78 Å². The summed E-state index contributed by atoms with van der Waals surface area (Å²) in [6.07, 6.45) is 0. The third-order valence-corrected chi connectivity index (χ3v) is 5.41. The van der Waals surface area contributed by atoms with Crippen molar-refractivity contribution in [3.63, 3.8) is 0 Å². The van der Waals surface area contributed by atoms with E-state index in [9.17, 15) is 9.90 Å². The quantitative estimate of drug-likeness (QED) is 0.551. The highest BCUT2D eigenvalue weighted by Gasteiger charge is 2.31. The Morgan fingerprint density at radius 2 is 1.93 bits per heavy atom. The molecule has 0 radical (unpaired) electrons. The molecule has 8 heteroatoms. The molecule has 0 saturated carbocycles. The van der Waals surface area contributed by atoms with Crippen molar-refractivity contribution in [2.75, 3.05) is 0 Å². The average molecular weight is 435 g/mol. The Bertz CT molecular complexity index is 1140. The lowest BCUT2D eigenvalue weighted by Gasteiger charge is -2.14. The van der Waals surface area contributed by atoms with Gasteiger partial charge in [0.2, 0.25) is 0 Å². The van der Waals surface area contributed by atoms with Gasteiger partial charge in [0.15, 0.2) is 5.69 Å². The summed E-state index contributed by atoms with van der Waals surface area (Å²) in [6.45, 7) is 1.82. The van der Waals surface area contributed by atoms with Crippen LogP contribution in [0.1, 0.15) is 46.1 Å². The predicted molar refractivity (Wildman–Crippen MR) is 111 cm³/mol. The maximum Gasteiger partial charge on any atom is 0.356 e. The maximum absolute atomic E-state index is 11.8. The smallest absolute Gasteiger partial charge is 0.356 e. The highest BCUT2D eigenvalue weighted by Crippen LogP contribution is 2.36. The van der Waals surface area contributed by atoms with E-state index in [-0.39, 0.29) is 11.6 Å². The normalized spacial score (nSPS) is 15.4. The van der Waals surface area contributed by atoms with Gasteiger partial charge in [0, 0.05) is 21.2 Å². The number of aliphatic imine (C=N–C) groups is 1. The van der Waals surface area contributed by atoms with Gasteiger partial charge in [-0.1, -0.05) is 41.4 Å². The van der Waals surface area contributed by atoms with E-state index in [4.69, 9.17) is 39.8 Å². The van der Waals surface area contributed by atoms with E-state index in [1.807, 2.05) is 31.2 Å². The maximum atomic E-state index is 11.8. The number of hydrogen-bond acceptors (Lipinski definition) is 3. The summed E-state index contributed by atoms with van der Waals surface area (Å²) in [5.74, 6) is -0.643. The molecule has 5 nitrogen and oxygen atoms in total. The largest absolute Gasteiger partial charge is 0.476 e. The monoisotopic (exact) mass is 433 g/mol. The van der Waals surface area contributed by atoms with Gasteiger partial charge in [-0.05, 0) is 31.2 Å². The second kappa shape index (κ2) is 7.24. The van der Waals surface area contributed by atoms with E-state index in [1.165, 1.54) is 0 Å². The molecule has 0 bridgehead atoms. The van der Waals surface area contributed by atoms with Crippen LogP contribution in [0.4, 0.5) is 0 Å². The molecule has 1 aliphatic heterocycles. The van der Waals surface area contributed by atoms with Crippen molar-refractivity contribution in [1.82, 2.24) is 9.55 Å². The second-order valence-corrected chi connectivity index (χ2v) is 7.44. The molecule has 0 amide bonds. The van der Waals surface area contributed by atoms with Crippen LogP contribution in [-0.4, -0.2) is 26.3 Å². The van der Waals surface area contributed by atoms with E-state index in [1.54, 1.807) is 22.8 Å². The van der Waals surface area contributed by atoms with Crippen molar-refractivity contribution in [1.29, 1.82) is 0 Å². The third-order valence-electron chi connectivity index (χ3n) is 4.61. The summed E-state index contributed by atoms with van der Waals surface area (Å²) >= 11 is 18.8. The molecule has 1 N–H and O–H groups in total. The lowest BCUT2D eigenvalue weighted by Crippen LogP contribution is -2.09. The Kier molecular flexibility index (Phi) is 4.91. The van der Waals surface area contributed by atoms with Gasteiger partial charge < -0.3 is 5.11 Å². The minimum absolute atomic E-state index is 0.0521. The van der Waals surface area contributed by atoms with Crippen LogP contribution in [0.15, 0.2) is 47.5 Å². The predicted octanol–water partition coefficient (Wildman–Crippen LogP) is 5.53. The number of halogens is 3. The summed E-state index contributed by atoms with van der Waals surface area (Å²) in [5.41, 5.74) is 3.21. The van der Waals surface area contributed by atoms with Gasteiger partial charge in [-0.15, -0.1) is 11.6 Å². The number of aromatic carboxylic acids is 1. The fourth-order valence-electron chi connectivity index (χ4n) is 3.47. The van der Waals surface area contributed by atoms with E-state index in [2.05, 4.69) is 4.98 Å². The van der Waals surface area contributed by atoms with Crippen LogP contribution in [0.5, 0.6) is 0 Å². The number of carbonyl (C=O) groups is 1. The zero-order valence-electron chi connectivity index (χ0n) is 14.7. The van der Waals surface area contributed by atoms with Crippen LogP contribution in [0.2, 0.25) is 10.0 Å². The number of carboxylic acids is 1. The molecule has 28 heavy (non-hydrogen) atoms. The molecule has 142 valence electrons. The number of benzene rings is 2. The highest BCUT2D eigenvalue weighted by molar-refractivity contribution is 6.36. The molecule has 1 aliphatic rings. The molecule has 2 aromatic carbocycles. The number of carboxylic acid groups (broad SMARTS) is 1. The Labute approximate surface area is 176 Å². The summed E-state index contributed by atoms with van der Waals surface area (Å²) in [6, 6.07) is 12.2. The Morgan fingerprint density at radius 1 is 1.18 bits per heavy atom. The van der Waals surface area contributed by atoms with Crippen molar-refractivity contribution in [3.8, 4) is 5.69 Å². The van der Waals surface area contributed by atoms with Crippen LogP contribution >= 0.6 is 34.8 Å². The molecule has 0 aliphatic carbocycles. The van der Waals surface area contributed by atoms with Crippen LogP contribution in [0.3, 0.4) is 0 Å². The Balaban J connectivity index is 2.11. The second-order valence-electron chi connectivity index (χ2n) is 6.33. The van der Waals surface area contributed by atoms with E-state index >= 15 is 0 Å². The van der Waals surface area contributed by atoms with Crippen molar-refractivity contribution < 1.29 is 9.90 Å². The van der Waals surface area contributed by atoms with Gasteiger partial charge in [0.05, 0.1) is 29.0 Å². The number of rotatable bonds is 3. The van der Waals surface area contributed by atoms with Crippen molar-refractivity contribution in [3.05, 3.63) is 80.8 Å². The van der Waals surface area contributed by atoms with Crippen molar-refractivity contribution in [2.24, 2.45) is 4.99 Å². The highest BCUT2D eigenvalue weighted by atomic mass is 35.5. The van der Waals surface area contributed by atoms with Crippen LogP contribution < -0.4 is 0 Å². The number of fused-ring (bicyclic) bond motifs is 3. The number of alkyl halides is 1. The zero-order chi connectivity index (χ0) is 20.0. The Hall–Kier alpha value is -2.34. The zero-order valence-corrected chi connectivity index (χ0v) is 16.9. The van der Waals surface area contributed by atoms with Crippen LogP contribution in [0.25, 0.3) is 5.69 Å². The van der Waals surface area contributed by atoms with E-state index in [0.29, 0.717) is 33.0 Å². The molecule has 1 aromatic heterocycles. The molecule has 0 spiro atoms.